The number of methoxy groups -OCH3 is 1. The zero-order valence-electron chi connectivity index (χ0n) is 9.31. The lowest BCUT2D eigenvalue weighted by Crippen LogP contribution is -2.09. The third kappa shape index (κ3) is 4.31. The van der Waals surface area contributed by atoms with Crippen LogP contribution in [0.15, 0.2) is 24.3 Å². The second-order valence-corrected chi connectivity index (χ2v) is 3.30. The predicted molar refractivity (Wildman–Crippen MR) is 59.4 cm³/mol. The van der Waals surface area contributed by atoms with Crippen molar-refractivity contribution in [3.05, 3.63) is 29.8 Å². The normalized spacial score (nSPS) is 9.88. The first-order chi connectivity index (χ1) is 7.76. The molecule has 0 heterocycles. The Morgan fingerprint density at radius 2 is 2.25 bits per heavy atom. The summed E-state index contributed by atoms with van der Waals surface area (Å²) in [6.45, 7) is -0.0676. The Bertz CT molecular complexity index is 336. The summed E-state index contributed by atoms with van der Waals surface area (Å²) < 4.78 is 9.83. The second kappa shape index (κ2) is 6.85. The Morgan fingerprint density at radius 3 is 2.94 bits per heavy atom. The Hall–Kier alpha value is -1.55. The molecule has 16 heavy (non-hydrogen) atoms. The van der Waals surface area contributed by atoms with Crippen molar-refractivity contribution in [1.82, 2.24) is 0 Å². The molecule has 0 fully saturated rings. The highest BCUT2D eigenvalue weighted by Crippen LogP contribution is 2.13. The largest absolute Gasteiger partial charge is 0.497 e. The van der Waals surface area contributed by atoms with Gasteiger partial charge in [0.2, 0.25) is 0 Å². The summed E-state index contributed by atoms with van der Waals surface area (Å²) in [7, 11) is 1.61. The van der Waals surface area contributed by atoms with Gasteiger partial charge in [0.1, 0.15) is 12.4 Å². The van der Waals surface area contributed by atoms with E-state index in [1.807, 2.05) is 24.3 Å². The van der Waals surface area contributed by atoms with E-state index in [4.69, 9.17) is 14.6 Å². The maximum atomic E-state index is 11.2. The average Bonchev–Trinajstić information content (AvgIpc) is 2.34. The molecular formula is C12H16O4. The van der Waals surface area contributed by atoms with Gasteiger partial charge in [0.25, 0.3) is 0 Å². The first kappa shape index (κ1) is 12.5. The van der Waals surface area contributed by atoms with Crippen molar-refractivity contribution in [1.29, 1.82) is 0 Å². The van der Waals surface area contributed by atoms with Gasteiger partial charge < -0.3 is 14.6 Å². The minimum absolute atomic E-state index is 0.0664. The average molecular weight is 224 g/mol. The summed E-state index contributed by atoms with van der Waals surface area (Å²) >= 11 is 0. The van der Waals surface area contributed by atoms with Crippen LogP contribution in [0.2, 0.25) is 0 Å². The third-order valence-electron chi connectivity index (χ3n) is 2.11. The molecule has 0 spiro atoms. The van der Waals surface area contributed by atoms with E-state index < -0.39 is 0 Å². The molecule has 0 saturated heterocycles. The highest BCUT2D eigenvalue weighted by atomic mass is 16.5. The molecule has 0 aromatic heterocycles. The molecule has 1 aromatic rings. The van der Waals surface area contributed by atoms with Gasteiger partial charge in [0.15, 0.2) is 0 Å². The van der Waals surface area contributed by atoms with E-state index in [-0.39, 0.29) is 19.2 Å². The number of carbonyl (C=O) groups is 1. The molecule has 0 radical (unpaired) electrons. The van der Waals surface area contributed by atoms with Crippen LogP contribution in [0.1, 0.15) is 12.0 Å². The number of hydrogen-bond acceptors (Lipinski definition) is 4. The van der Waals surface area contributed by atoms with Crippen LogP contribution in [0, 0.1) is 0 Å². The zero-order valence-corrected chi connectivity index (χ0v) is 9.31. The van der Waals surface area contributed by atoms with Crippen molar-refractivity contribution >= 4 is 5.97 Å². The first-order valence-electron chi connectivity index (χ1n) is 5.15. The van der Waals surface area contributed by atoms with Crippen molar-refractivity contribution < 1.29 is 19.4 Å². The Labute approximate surface area is 94.8 Å². The Morgan fingerprint density at radius 1 is 1.44 bits per heavy atom. The van der Waals surface area contributed by atoms with Crippen molar-refractivity contribution in [3.8, 4) is 5.75 Å². The number of carbonyl (C=O) groups excluding carboxylic acids is 1. The fraction of sp³-hybridized carbons (Fsp3) is 0.417. The lowest BCUT2D eigenvalue weighted by Gasteiger charge is -2.04. The number of aryl methyl sites for hydroxylation is 1. The molecule has 4 heteroatoms. The van der Waals surface area contributed by atoms with Crippen molar-refractivity contribution in [2.75, 3.05) is 20.3 Å². The molecule has 1 N–H and O–H groups in total. The maximum Gasteiger partial charge on any atom is 0.306 e. The van der Waals surface area contributed by atoms with Gasteiger partial charge in [0.05, 0.1) is 13.7 Å². The van der Waals surface area contributed by atoms with Crippen LogP contribution in [0.5, 0.6) is 5.75 Å². The summed E-state index contributed by atoms with van der Waals surface area (Å²) in [6, 6.07) is 7.56. The molecule has 0 amide bonds. The van der Waals surface area contributed by atoms with Crippen molar-refractivity contribution in [2.45, 2.75) is 12.8 Å². The lowest BCUT2D eigenvalue weighted by atomic mass is 10.1. The summed E-state index contributed by atoms with van der Waals surface area (Å²) in [5, 5.41) is 8.47. The van der Waals surface area contributed by atoms with E-state index in [1.165, 1.54) is 0 Å². The van der Waals surface area contributed by atoms with Crippen LogP contribution < -0.4 is 4.74 Å². The summed E-state index contributed by atoms with van der Waals surface area (Å²) in [5.74, 6) is 0.484. The minimum Gasteiger partial charge on any atom is -0.497 e. The van der Waals surface area contributed by atoms with Crippen LogP contribution in [0.3, 0.4) is 0 Å². The zero-order chi connectivity index (χ0) is 11.8. The maximum absolute atomic E-state index is 11.2. The number of rotatable bonds is 6. The highest BCUT2D eigenvalue weighted by Gasteiger charge is 2.03. The first-order valence-corrected chi connectivity index (χ1v) is 5.15. The van der Waals surface area contributed by atoms with E-state index in [1.54, 1.807) is 7.11 Å². The van der Waals surface area contributed by atoms with Crippen LogP contribution in [0.25, 0.3) is 0 Å². The van der Waals surface area contributed by atoms with E-state index in [0.29, 0.717) is 12.8 Å². The summed E-state index contributed by atoms with van der Waals surface area (Å²) in [4.78, 5) is 11.2. The molecule has 0 aliphatic rings. The molecule has 4 nitrogen and oxygen atoms in total. The summed E-state index contributed by atoms with van der Waals surface area (Å²) in [6.07, 6.45) is 0.925. The van der Waals surface area contributed by atoms with Crippen molar-refractivity contribution in [2.24, 2.45) is 0 Å². The van der Waals surface area contributed by atoms with E-state index in [2.05, 4.69) is 0 Å². The van der Waals surface area contributed by atoms with E-state index in [0.717, 1.165) is 11.3 Å². The van der Waals surface area contributed by atoms with Gasteiger partial charge in [-0.3, -0.25) is 4.79 Å². The van der Waals surface area contributed by atoms with Gasteiger partial charge >= 0.3 is 5.97 Å². The van der Waals surface area contributed by atoms with Gasteiger partial charge in [-0.1, -0.05) is 12.1 Å². The van der Waals surface area contributed by atoms with Gasteiger partial charge in [-0.25, -0.2) is 0 Å². The number of aliphatic hydroxyl groups is 1. The number of esters is 1. The fourth-order valence-electron chi connectivity index (χ4n) is 1.31. The highest BCUT2D eigenvalue weighted by molar-refractivity contribution is 5.69. The molecule has 0 aliphatic heterocycles. The Balaban J connectivity index is 2.38. The number of ether oxygens (including phenoxy) is 2. The molecule has 0 unspecified atom stereocenters. The smallest absolute Gasteiger partial charge is 0.306 e. The van der Waals surface area contributed by atoms with Crippen LogP contribution in [-0.4, -0.2) is 31.4 Å². The summed E-state index contributed by atoms with van der Waals surface area (Å²) in [5.41, 5.74) is 1.03. The van der Waals surface area contributed by atoms with E-state index in [9.17, 15) is 4.79 Å². The van der Waals surface area contributed by atoms with Crippen LogP contribution in [0.4, 0.5) is 0 Å². The molecule has 0 atom stereocenters. The molecule has 1 rings (SSSR count). The molecule has 88 valence electrons. The van der Waals surface area contributed by atoms with Gasteiger partial charge in [-0.15, -0.1) is 0 Å². The topological polar surface area (TPSA) is 55.8 Å². The standard InChI is InChI=1S/C12H16O4/c1-15-11-4-2-3-10(9-11)5-6-12(14)16-8-7-13/h2-4,9,13H,5-8H2,1H3. The molecule has 0 bridgehead atoms. The monoisotopic (exact) mass is 224 g/mol. The number of benzene rings is 1. The van der Waals surface area contributed by atoms with Gasteiger partial charge in [0, 0.05) is 6.42 Å². The number of hydrogen-bond donors (Lipinski definition) is 1. The fourth-order valence-corrected chi connectivity index (χ4v) is 1.31. The number of aliphatic hydroxyl groups excluding tert-OH is 1. The molecule has 0 aliphatic carbocycles. The van der Waals surface area contributed by atoms with Gasteiger partial charge in [-0.2, -0.15) is 0 Å². The molecular weight excluding hydrogens is 208 g/mol. The molecule has 0 saturated carbocycles. The third-order valence-corrected chi connectivity index (χ3v) is 2.11. The van der Waals surface area contributed by atoms with Crippen LogP contribution >= 0.6 is 0 Å². The Kier molecular flexibility index (Phi) is 5.36. The molecule has 1 aromatic carbocycles. The minimum atomic E-state index is -0.295. The van der Waals surface area contributed by atoms with E-state index >= 15 is 0 Å². The predicted octanol–water partition coefficient (Wildman–Crippen LogP) is 1.16. The van der Waals surface area contributed by atoms with Crippen LogP contribution in [-0.2, 0) is 16.0 Å². The van der Waals surface area contributed by atoms with Gasteiger partial charge in [-0.05, 0) is 24.1 Å². The lowest BCUT2D eigenvalue weighted by molar-refractivity contribution is -0.144. The second-order valence-electron chi connectivity index (χ2n) is 3.30. The quantitative estimate of drug-likeness (QED) is 0.737. The SMILES string of the molecule is COc1cccc(CCC(=O)OCCO)c1. The van der Waals surface area contributed by atoms with Crippen molar-refractivity contribution in [3.63, 3.8) is 0 Å².